The van der Waals surface area contributed by atoms with Gasteiger partial charge in [-0.3, -0.25) is 4.79 Å². The second kappa shape index (κ2) is 24.3. The maximum absolute atomic E-state index is 16.5. The van der Waals surface area contributed by atoms with Crippen LogP contribution in [0.25, 0.3) is 22.1 Å². The van der Waals surface area contributed by atoms with Gasteiger partial charge in [-0.25, -0.2) is 17.6 Å². The number of halogens is 4. The van der Waals surface area contributed by atoms with E-state index in [-0.39, 0.29) is 54.8 Å². The Morgan fingerprint density at radius 2 is 0.939 bits per heavy atom. The monoisotopic (exact) mass is 1120 g/mol. The zero-order chi connectivity index (χ0) is 56.3. The number of hydrogen-bond acceptors (Lipinski definition) is 15. The Labute approximate surface area is 471 Å². The molecule has 2 aliphatic heterocycles. The molecule has 4 fully saturated rings. The summed E-state index contributed by atoms with van der Waals surface area (Å²) in [5.41, 5.74) is 4.36. The van der Waals surface area contributed by atoms with Crippen molar-refractivity contribution in [3.63, 3.8) is 0 Å². The van der Waals surface area contributed by atoms with Gasteiger partial charge in [-0.05, 0) is 146 Å². The molecule has 0 bridgehead atoms. The maximum atomic E-state index is 16.5. The van der Waals surface area contributed by atoms with Gasteiger partial charge in [0.1, 0.15) is 46.2 Å². The summed E-state index contributed by atoms with van der Waals surface area (Å²) >= 11 is 0. The molecule has 2 saturated carbocycles. The van der Waals surface area contributed by atoms with E-state index in [4.69, 9.17) is 29.4 Å². The molecule has 2 aliphatic carbocycles. The summed E-state index contributed by atoms with van der Waals surface area (Å²) in [5.74, 6) is -3.01. The average molecular weight is 1120 g/mol. The number of anilines is 8. The highest BCUT2D eigenvalue weighted by atomic mass is 19.1. The minimum absolute atomic E-state index is 0.0719. The van der Waals surface area contributed by atoms with Crippen LogP contribution in [0.5, 0.6) is 0 Å². The second-order valence-electron chi connectivity index (χ2n) is 22.0. The van der Waals surface area contributed by atoms with Gasteiger partial charge in [0.15, 0.2) is 5.78 Å². The quantitative estimate of drug-likeness (QED) is 0.0376. The van der Waals surface area contributed by atoms with Gasteiger partial charge < -0.3 is 60.7 Å². The van der Waals surface area contributed by atoms with Gasteiger partial charge in [0.25, 0.3) is 0 Å². The third-order valence-corrected chi connectivity index (χ3v) is 16.7. The van der Waals surface area contributed by atoms with E-state index in [9.17, 15) is 10.2 Å². The Balaban J connectivity index is 0.964. The van der Waals surface area contributed by atoms with Crippen molar-refractivity contribution >= 4 is 74.1 Å². The number of rotatable bonds is 18. The number of Topliss-reactive ketones (excluding diaryl/α,β-unsaturated/α-hetero) is 1. The summed E-state index contributed by atoms with van der Waals surface area (Å²) in [5, 5.41) is 34.9. The lowest BCUT2D eigenvalue weighted by Gasteiger charge is -2.29. The average Bonchev–Trinajstić information content (AvgIpc) is 4.15. The van der Waals surface area contributed by atoms with E-state index in [0.717, 1.165) is 51.4 Å². The third kappa shape index (κ3) is 11.8. The molecule has 4 aromatic carbocycles. The van der Waals surface area contributed by atoms with Crippen molar-refractivity contribution in [2.45, 2.75) is 75.3 Å². The summed E-state index contributed by atoms with van der Waals surface area (Å²) in [6.07, 6.45) is 9.49. The van der Waals surface area contributed by atoms with Crippen LogP contribution >= 0.6 is 0 Å². The third-order valence-electron chi connectivity index (χ3n) is 16.7. The van der Waals surface area contributed by atoms with Crippen LogP contribution in [0.15, 0.2) is 97.3 Å². The molecule has 0 spiro atoms. The minimum atomic E-state index is -1.13. The van der Waals surface area contributed by atoms with Crippen molar-refractivity contribution in [1.82, 2.24) is 29.9 Å². The second-order valence-corrected chi connectivity index (χ2v) is 22.0. The first-order valence-electron chi connectivity index (χ1n) is 28.4. The molecule has 4 aliphatic rings. The van der Waals surface area contributed by atoms with Crippen molar-refractivity contribution < 1.29 is 42.0 Å². The van der Waals surface area contributed by atoms with Crippen LogP contribution in [-0.2, 0) is 14.3 Å². The zero-order valence-corrected chi connectivity index (χ0v) is 45.2. The summed E-state index contributed by atoms with van der Waals surface area (Å²) in [7, 11) is 0. The standard InChI is InChI=1S/C61H66F4N12O5/c62-39-9-5-37(6-10-39)51(45-31-66-56-53(45)58(68-41-13-1-35(33-78)2-14-41)74-60(72-56)70-43-17-19-49(47(64)29-43)76-21-25-81-26-22-76)55(80)52(38-7-11-40(63)12-8-38)46-32-67-57-54(46)59(69-42-15-3-36(34-79)4-16-42)75-61(73-57)71-44-18-20-50(48(65)30-44)77-23-27-82-28-24-77/h5-12,17-20,29-32,35-36,41-42,51-52,78-79H,1-4,13-16,21-28,33-34H2,(H3,66,68,70,72,74)(H3,67,69,71,73,75). The predicted octanol–water partition coefficient (Wildman–Crippen LogP) is 10.4. The molecule has 12 rings (SSSR count). The van der Waals surface area contributed by atoms with Gasteiger partial charge in [-0.2, -0.15) is 19.9 Å². The van der Waals surface area contributed by atoms with Gasteiger partial charge in [-0.1, -0.05) is 24.3 Å². The Morgan fingerprint density at radius 1 is 0.549 bits per heavy atom. The highest BCUT2D eigenvalue weighted by Crippen LogP contribution is 2.44. The number of H-pyrrole nitrogens is 2. The Hall–Kier alpha value is -7.85. The van der Waals surface area contributed by atoms with Gasteiger partial charge in [-0.15, -0.1) is 0 Å². The van der Waals surface area contributed by atoms with Crippen molar-refractivity contribution in [2.75, 3.05) is 96.9 Å². The Morgan fingerprint density at radius 3 is 1.30 bits per heavy atom. The van der Waals surface area contributed by atoms with E-state index in [1.165, 1.54) is 36.4 Å². The predicted molar refractivity (Wildman–Crippen MR) is 308 cm³/mol. The fourth-order valence-corrected chi connectivity index (χ4v) is 12.3. The molecule has 82 heavy (non-hydrogen) atoms. The summed E-state index contributed by atoms with van der Waals surface area (Å²) in [6.45, 7) is 4.47. The lowest BCUT2D eigenvalue weighted by Crippen LogP contribution is -2.36. The number of aliphatic hydroxyl groups excluding tert-OH is 2. The minimum Gasteiger partial charge on any atom is -0.396 e. The first kappa shape index (κ1) is 54.7. The molecule has 6 heterocycles. The van der Waals surface area contributed by atoms with Crippen molar-refractivity contribution in [3.8, 4) is 0 Å². The smallest absolute Gasteiger partial charge is 0.231 e. The van der Waals surface area contributed by atoms with Crippen molar-refractivity contribution in [2.24, 2.45) is 11.8 Å². The molecular formula is C61H66F4N12O5. The lowest BCUT2D eigenvalue weighted by molar-refractivity contribution is -0.120. The topological polar surface area (TPSA) is 214 Å². The molecule has 0 radical (unpaired) electrons. The number of hydrogen-bond donors (Lipinski definition) is 8. The highest BCUT2D eigenvalue weighted by molar-refractivity contribution is 6.06. The molecule has 2 saturated heterocycles. The zero-order valence-electron chi connectivity index (χ0n) is 45.2. The number of carbonyl (C=O) groups is 1. The Bertz CT molecular complexity index is 3290. The van der Waals surface area contributed by atoms with Crippen LogP contribution in [0, 0.1) is 35.1 Å². The Kier molecular flexibility index (Phi) is 16.2. The highest BCUT2D eigenvalue weighted by Gasteiger charge is 2.38. The number of morpholine rings is 2. The number of aromatic nitrogens is 6. The molecule has 4 aromatic heterocycles. The number of aromatic amines is 2. The van der Waals surface area contributed by atoms with Crippen LogP contribution in [0.1, 0.15) is 85.5 Å². The number of ketones is 1. The van der Waals surface area contributed by atoms with Crippen molar-refractivity contribution in [3.05, 3.63) is 143 Å². The lowest BCUT2D eigenvalue weighted by atomic mass is 9.77. The molecular weight excluding hydrogens is 1060 g/mol. The molecule has 17 nitrogen and oxygen atoms in total. The van der Waals surface area contributed by atoms with Gasteiger partial charge >= 0.3 is 0 Å². The molecule has 428 valence electrons. The first-order chi connectivity index (χ1) is 40.0. The number of benzene rings is 4. The molecule has 0 amide bonds. The van der Waals surface area contributed by atoms with E-state index in [2.05, 4.69) is 31.2 Å². The maximum Gasteiger partial charge on any atom is 0.231 e. The van der Waals surface area contributed by atoms with E-state index in [1.807, 2.05) is 9.80 Å². The summed E-state index contributed by atoms with van der Waals surface area (Å²) in [4.78, 5) is 47.0. The fourth-order valence-electron chi connectivity index (χ4n) is 12.3. The molecule has 21 heteroatoms. The van der Waals surface area contributed by atoms with Gasteiger partial charge in [0, 0.05) is 75.2 Å². The van der Waals surface area contributed by atoms with Crippen LogP contribution in [0.4, 0.5) is 63.8 Å². The number of nitrogens with one attached hydrogen (secondary N) is 6. The van der Waals surface area contributed by atoms with E-state index in [1.54, 1.807) is 60.9 Å². The number of nitrogens with zero attached hydrogens (tertiary/aromatic N) is 6. The number of ether oxygens (including phenoxy) is 2. The van der Waals surface area contributed by atoms with Crippen LogP contribution in [0.3, 0.4) is 0 Å². The number of carbonyl (C=O) groups excluding carboxylic acids is 1. The molecule has 8 aromatic rings. The SMILES string of the molecule is O=C(C(c1ccc(F)cc1)c1c[nH]c2nc(Nc3ccc(N4CCOCC4)c(F)c3)nc(NC3CCC(CO)CC3)c12)C(c1ccc(F)cc1)c1c[nH]c2nc(Nc3ccc(N4CCOCC4)c(F)c3)nc(NC3CCC(CO)CC3)c12. The summed E-state index contributed by atoms with van der Waals surface area (Å²) < 4.78 is 72.6. The van der Waals surface area contributed by atoms with Crippen LogP contribution < -0.4 is 31.1 Å². The molecule has 2 atom stereocenters. The summed E-state index contributed by atoms with van der Waals surface area (Å²) in [6, 6.07) is 21.2. The van der Waals surface area contributed by atoms with E-state index in [0.29, 0.717) is 131 Å². The number of aliphatic hydroxyl groups is 2. The van der Waals surface area contributed by atoms with Crippen LogP contribution in [0.2, 0.25) is 0 Å². The number of fused-ring (bicyclic) bond motifs is 2. The van der Waals surface area contributed by atoms with E-state index >= 15 is 22.4 Å². The first-order valence-corrected chi connectivity index (χ1v) is 28.4. The van der Waals surface area contributed by atoms with E-state index < -0.39 is 35.1 Å². The normalized spacial score (nSPS) is 20.4. The van der Waals surface area contributed by atoms with Gasteiger partial charge in [0.05, 0.1) is 60.4 Å². The largest absolute Gasteiger partial charge is 0.396 e. The molecule has 8 N–H and O–H groups in total. The van der Waals surface area contributed by atoms with Gasteiger partial charge in [0.2, 0.25) is 11.9 Å². The fraction of sp³-hybridized carbons (Fsp3) is 0.393. The molecule has 2 unspecified atom stereocenters. The van der Waals surface area contributed by atoms with Crippen molar-refractivity contribution in [1.29, 1.82) is 0 Å². The van der Waals surface area contributed by atoms with Crippen LogP contribution in [-0.4, -0.2) is 124 Å².